The van der Waals surface area contributed by atoms with Crippen molar-refractivity contribution in [3.63, 3.8) is 0 Å². The van der Waals surface area contributed by atoms with E-state index in [1.165, 1.54) is 12.1 Å². The van der Waals surface area contributed by atoms with E-state index >= 15 is 0 Å². The SMILES string of the molecule is CC(C)(C)OC(=O)c1ccc(CN)c(OC(F)(F)F)c1. The molecule has 1 rings (SSSR count). The summed E-state index contributed by atoms with van der Waals surface area (Å²) in [6.45, 7) is 4.84. The molecule has 4 nitrogen and oxygen atoms in total. The average Bonchev–Trinajstić information content (AvgIpc) is 2.24. The van der Waals surface area contributed by atoms with Crippen molar-refractivity contribution in [1.82, 2.24) is 0 Å². The van der Waals surface area contributed by atoms with Crippen LogP contribution in [0.1, 0.15) is 36.7 Å². The lowest BCUT2D eigenvalue weighted by molar-refractivity contribution is -0.274. The first kappa shape index (κ1) is 16.3. The van der Waals surface area contributed by atoms with Crippen LogP contribution in [-0.2, 0) is 11.3 Å². The molecule has 0 spiro atoms. The molecule has 0 fully saturated rings. The summed E-state index contributed by atoms with van der Waals surface area (Å²) >= 11 is 0. The van der Waals surface area contributed by atoms with Gasteiger partial charge in [0.2, 0.25) is 0 Å². The van der Waals surface area contributed by atoms with Crippen LogP contribution in [0.5, 0.6) is 5.75 Å². The van der Waals surface area contributed by atoms with Crippen LogP contribution < -0.4 is 10.5 Å². The Morgan fingerprint density at radius 2 is 1.85 bits per heavy atom. The largest absolute Gasteiger partial charge is 0.573 e. The zero-order valence-corrected chi connectivity index (χ0v) is 11.4. The zero-order valence-electron chi connectivity index (χ0n) is 11.4. The van der Waals surface area contributed by atoms with Crippen molar-refractivity contribution in [3.05, 3.63) is 29.3 Å². The van der Waals surface area contributed by atoms with Crippen LogP contribution in [0.25, 0.3) is 0 Å². The van der Waals surface area contributed by atoms with Gasteiger partial charge in [0, 0.05) is 12.1 Å². The molecule has 0 aliphatic rings. The van der Waals surface area contributed by atoms with Gasteiger partial charge in [0.05, 0.1) is 5.56 Å². The van der Waals surface area contributed by atoms with Gasteiger partial charge in [-0.05, 0) is 32.9 Å². The highest BCUT2D eigenvalue weighted by molar-refractivity contribution is 5.90. The molecule has 0 heterocycles. The minimum Gasteiger partial charge on any atom is -0.456 e. The minimum absolute atomic E-state index is 0.0311. The van der Waals surface area contributed by atoms with Crippen molar-refractivity contribution >= 4 is 5.97 Å². The van der Waals surface area contributed by atoms with Gasteiger partial charge in [-0.15, -0.1) is 13.2 Å². The highest BCUT2D eigenvalue weighted by Crippen LogP contribution is 2.28. The van der Waals surface area contributed by atoms with Crippen molar-refractivity contribution in [3.8, 4) is 5.75 Å². The van der Waals surface area contributed by atoms with Crippen molar-refractivity contribution in [1.29, 1.82) is 0 Å². The van der Waals surface area contributed by atoms with Gasteiger partial charge in [0.15, 0.2) is 0 Å². The van der Waals surface area contributed by atoms with E-state index in [1.807, 2.05) is 0 Å². The molecule has 0 radical (unpaired) electrons. The molecule has 0 aliphatic heterocycles. The van der Waals surface area contributed by atoms with Gasteiger partial charge in [-0.25, -0.2) is 4.79 Å². The fourth-order valence-electron chi connectivity index (χ4n) is 1.41. The number of rotatable bonds is 3. The van der Waals surface area contributed by atoms with E-state index in [9.17, 15) is 18.0 Å². The Balaban J connectivity index is 3.06. The molecule has 0 saturated heterocycles. The second kappa shape index (κ2) is 5.70. The van der Waals surface area contributed by atoms with Gasteiger partial charge in [-0.1, -0.05) is 6.07 Å². The molecule has 0 atom stereocenters. The van der Waals surface area contributed by atoms with Gasteiger partial charge >= 0.3 is 12.3 Å². The van der Waals surface area contributed by atoms with Gasteiger partial charge in [-0.2, -0.15) is 0 Å². The first-order valence-electron chi connectivity index (χ1n) is 5.84. The Hall–Kier alpha value is -1.76. The molecule has 0 saturated carbocycles. The molecule has 7 heteroatoms. The van der Waals surface area contributed by atoms with Gasteiger partial charge in [-0.3, -0.25) is 0 Å². The number of hydrogen-bond acceptors (Lipinski definition) is 4. The number of ether oxygens (including phenoxy) is 2. The normalized spacial score (nSPS) is 12.2. The standard InChI is InChI=1S/C13H16F3NO3/c1-12(2,3)20-11(18)8-4-5-9(7-17)10(6-8)19-13(14,15)16/h4-6H,7,17H2,1-3H3. The number of esters is 1. The van der Waals surface area contributed by atoms with Crippen LogP contribution in [0.4, 0.5) is 13.2 Å². The predicted octanol–water partition coefficient (Wildman–Crippen LogP) is 3.00. The number of benzene rings is 1. The summed E-state index contributed by atoms with van der Waals surface area (Å²) < 4.78 is 45.8. The Morgan fingerprint density at radius 3 is 2.30 bits per heavy atom. The quantitative estimate of drug-likeness (QED) is 0.870. The maximum absolute atomic E-state index is 12.3. The number of nitrogens with two attached hydrogens (primary N) is 1. The second-order valence-electron chi connectivity index (χ2n) is 5.08. The molecule has 0 aliphatic carbocycles. The molecule has 0 bridgehead atoms. The van der Waals surface area contributed by atoms with Crippen LogP contribution in [0.15, 0.2) is 18.2 Å². The summed E-state index contributed by atoms with van der Waals surface area (Å²) in [4.78, 5) is 11.8. The van der Waals surface area contributed by atoms with Crippen molar-refractivity contribution in [2.24, 2.45) is 5.73 Å². The summed E-state index contributed by atoms with van der Waals surface area (Å²) in [5.41, 5.74) is 4.71. The zero-order chi connectivity index (χ0) is 15.6. The lowest BCUT2D eigenvalue weighted by Crippen LogP contribution is -2.24. The van der Waals surface area contributed by atoms with E-state index in [2.05, 4.69) is 4.74 Å². The fourth-order valence-corrected chi connectivity index (χ4v) is 1.41. The summed E-state index contributed by atoms with van der Waals surface area (Å²) in [5, 5.41) is 0. The maximum Gasteiger partial charge on any atom is 0.573 e. The lowest BCUT2D eigenvalue weighted by atomic mass is 10.1. The Bertz CT molecular complexity index is 493. The molecule has 2 N–H and O–H groups in total. The summed E-state index contributed by atoms with van der Waals surface area (Å²) in [6, 6.07) is 3.63. The first-order valence-corrected chi connectivity index (χ1v) is 5.84. The number of halogens is 3. The molecule has 1 aromatic rings. The molecule has 1 aromatic carbocycles. The third-order valence-electron chi connectivity index (χ3n) is 2.15. The molecular weight excluding hydrogens is 275 g/mol. The van der Waals surface area contributed by atoms with Gasteiger partial charge in [0.1, 0.15) is 11.4 Å². The molecule has 112 valence electrons. The third-order valence-corrected chi connectivity index (χ3v) is 2.15. The number of carbonyl (C=O) groups excluding carboxylic acids is 1. The van der Waals surface area contributed by atoms with Crippen molar-refractivity contribution < 1.29 is 27.4 Å². The van der Waals surface area contributed by atoms with Crippen molar-refractivity contribution in [2.45, 2.75) is 39.3 Å². The van der Waals surface area contributed by atoms with Crippen molar-refractivity contribution in [2.75, 3.05) is 0 Å². The van der Waals surface area contributed by atoms with Crippen LogP contribution in [0.2, 0.25) is 0 Å². The Labute approximate surface area is 114 Å². The topological polar surface area (TPSA) is 61.5 Å². The highest BCUT2D eigenvalue weighted by Gasteiger charge is 2.32. The second-order valence-corrected chi connectivity index (χ2v) is 5.08. The van der Waals surface area contributed by atoms with E-state index < -0.39 is 23.7 Å². The van der Waals surface area contributed by atoms with Gasteiger partial charge < -0.3 is 15.2 Å². The fraction of sp³-hybridized carbons (Fsp3) is 0.462. The van der Waals surface area contributed by atoms with Crippen LogP contribution in [0, 0.1) is 0 Å². The van der Waals surface area contributed by atoms with Crippen LogP contribution in [-0.4, -0.2) is 17.9 Å². The monoisotopic (exact) mass is 291 g/mol. The van der Waals surface area contributed by atoms with Gasteiger partial charge in [0.25, 0.3) is 0 Å². The Morgan fingerprint density at radius 1 is 1.25 bits per heavy atom. The average molecular weight is 291 g/mol. The molecule has 0 aromatic heterocycles. The van der Waals surface area contributed by atoms with E-state index in [0.717, 1.165) is 6.07 Å². The summed E-state index contributed by atoms with van der Waals surface area (Å²) in [7, 11) is 0. The number of carbonyl (C=O) groups is 1. The summed E-state index contributed by atoms with van der Waals surface area (Å²) in [5.74, 6) is -1.23. The highest BCUT2D eigenvalue weighted by atomic mass is 19.4. The molecular formula is C13H16F3NO3. The first-order chi connectivity index (χ1) is 9.02. The van der Waals surface area contributed by atoms with Crippen LogP contribution in [0.3, 0.4) is 0 Å². The van der Waals surface area contributed by atoms with E-state index in [4.69, 9.17) is 10.5 Å². The molecule has 20 heavy (non-hydrogen) atoms. The maximum atomic E-state index is 12.3. The molecule has 0 amide bonds. The molecule has 0 unspecified atom stereocenters. The number of alkyl halides is 3. The van der Waals surface area contributed by atoms with E-state index in [-0.39, 0.29) is 17.7 Å². The van der Waals surface area contributed by atoms with Crippen LogP contribution >= 0.6 is 0 Å². The van der Waals surface area contributed by atoms with E-state index in [0.29, 0.717) is 0 Å². The summed E-state index contributed by atoms with van der Waals surface area (Å²) in [6.07, 6.45) is -4.85. The lowest BCUT2D eigenvalue weighted by Gasteiger charge is -2.20. The smallest absolute Gasteiger partial charge is 0.456 e. The predicted molar refractivity (Wildman–Crippen MR) is 66.2 cm³/mol. The minimum atomic E-state index is -4.85. The van der Waals surface area contributed by atoms with E-state index in [1.54, 1.807) is 20.8 Å². The third kappa shape index (κ3) is 5.08. The Kier molecular flexibility index (Phi) is 4.65. The number of hydrogen-bond donors (Lipinski definition) is 1.